The van der Waals surface area contributed by atoms with Gasteiger partial charge in [-0.2, -0.15) is 0 Å². The maximum absolute atomic E-state index is 13.4. The van der Waals surface area contributed by atoms with Gasteiger partial charge in [0.05, 0.1) is 11.7 Å². The topological polar surface area (TPSA) is 55.1 Å². The minimum Gasteiger partial charge on any atom is -0.396 e. The Labute approximate surface area is 127 Å². The Bertz CT molecular complexity index is 643. The van der Waals surface area contributed by atoms with Gasteiger partial charge in [0, 0.05) is 10.6 Å². The summed E-state index contributed by atoms with van der Waals surface area (Å²) in [5.74, 6) is -0.933. The van der Waals surface area contributed by atoms with E-state index < -0.39 is 5.82 Å². The minimum absolute atomic E-state index is 0.0243. The van der Waals surface area contributed by atoms with Crippen molar-refractivity contribution in [3.05, 3.63) is 64.4 Å². The molecule has 3 nitrogen and oxygen atoms in total. The number of nitrogens with one attached hydrogen (secondary N) is 1. The standard InChI is InChI=1S/C16H16ClFN2O/c1-2-15(10-3-6-12(17)7-4-10)20-16(21)11-5-8-14(19)13(18)9-11/h3-9,15H,2,19H2,1H3,(H,20,21). The second-order valence-corrected chi connectivity index (χ2v) is 5.16. The van der Waals surface area contributed by atoms with E-state index in [0.717, 1.165) is 11.6 Å². The highest BCUT2D eigenvalue weighted by Gasteiger charge is 2.15. The van der Waals surface area contributed by atoms with E-state index in [-0.39, 0.29) is 23.2 Å². The molecule has 0 radical (unpaired) electrons. The van der Waals surface area contributed by atoms with Crippen LogP contribution < -0.4 is 11.1 Å². The highest BCUT2D eigenvalue weighted by molar-refractivity contribution is 6.30. The van der Waals surface area contributed by atoms with E-state index in [4.69, 9.17) is 17.3 Å². The minimum atomic E-state index is -0.595. The zero-order valence-electron chi connectivity index (χ0n) is 11.6. The molecule has 2 rings (SSSR count). The van der Waals surface area contributed by atoms with Gasteiger partial charge in [-0.3, -0.25) is 4.79 Å². The number of hydrogen-bond acceptors (Lipinski definition) is 2. The molecule has 5 heteroatoms. The molecule has 0 aliphatic rings. The van der Waals surface area contributed by atoms with E-state index in [1.54, 1.807) is 12.1 Å². The number of benzene rings is 2. The molecule has 1 atom stereocenters. The summed E-state index contributed by atoms with van der Waals surface area (Å²) < 4.78 is 13.4. The van der Waals surface area contributed by atoms with Gasteiger partial charge in [-0.25, -0.2) is 4.39 Å². The average Bonchev–Trinajstić information content (AvgIpc) is 2.48. The van der Waals surface area contributed by atoms with Gasteiger partial charge in [0.1, 0.15) is 5.82 Å². The van der Waals surface area contributed by atoms with Crippen LogP contribution in [0.5, 0.6) is 0 Å². The summed E-state index contributed by atoms with van der Waals surface area (Å²) in [5.41, 5.74) is 6.62. The molecule has 110 valence electrons. The number of halogens is 2. The lowest BCUT2D eigenvalue weighted by Gasteiger charge is -2.17. The monoisotopic (exact) mass is 306 g/mol. The average molecular weight is 307 g/mol. The van der Waals surface area contributed by atoms with Crippen LogP contribution in [0.15, 0.2) is 42.5 Å². The maximum atomic E-state index is 13.4. The van der Waals surface area contributed by atoms with Crippen molar-refractivity contribution in [1.29, 1.82) is 0 Å². The smallest absolute Gasteiger partial charge is 0.251 e. The van der Waals surface area contributed by atoms with Gasteiger partial charge >= 0.3 is 0 Å². The Kier molecular flexibility index (Phi) is 4.81. The summed E-state index contributed by atoms with van der Waals surface area (Å²) in [6, 6.07) is 11.1. The number of anilines is 1. The third-order valence-electron chi connectivity index (χ3n) is 3.25. The first-order chi connectivity index (χ1) is 10.0. The summed E-state index contributed by atoms with van der Waals surface area (Å²) >= 11 is 5.85. The molecular weight excluding hydrogens is 291 g/mol. The van der Waals surface area contributed by atoms with Crippen molar-refractivity contribution in [1.82, 2.24) is 5.32 Å². The van der Waals surface area contributed by atoms with Gasteiger partial charge < -0.3 is 11.1 Å². The second kappa shape index (κ2) is 6.59. The van der Waals surface area contributed by atoms with Crippen LogP contribution >= 0.6 is 11.6 Å². The first-order valence-corrected chi connectivity index (χ1v) is 7.00. The van der Waals surface area contributed by atoms with E-state index in [9.17, 15) is 9.18 Å². The SMILES string of the molecule is CCC(NC(=O)c1ccc(N)c(F)c1)c1ccc(Cl)cc1. The summed E-state index contributed by atoms with van der Waals surface area (Å²) in [7, 11) is 0. The number of carbonyl (C=O) groups is 1. The Morgan fingerprint density at radius 1 is 1.29 bits per heavy atom. The molecule has 21 heavy (non-hydrogen) atoms. The summed E-state index contributed by atoms with van der Waals surface area (Å²) in [6.45, 7) is 1.96. The van der Waals surface area contributed by atoms with Crippen molar-refractivity contribution < 1.29 is 9.18 Å². The van der Waals surface area contributed by atoms with Gasteiger partial charge in [-0.15, -0.1) is 0 Å². The first-order valence-electron chi connectivity index (χ1n) is 6.62. The third-order valence-corrected chi connectivity index (χ3v) is 3.50. The van der Waals surface area contributed by atoms with E-state index >= 15 is 0 Å². The highest BCUT2D eigenvalue weighted by atomic mass is 35.5. The zero-order chi connectivity index (χ0) is 15.4. The normalized spacial score (nSPS) is 12.0. The molecule has 3 N–H and O–H groups in total. The fourth-order valence-corrected chi connectivity index (χ4v) is 2.15. The lowest BCUT2D eigenvalue weighted by atomic mass is 10.0. The van der Waals surface area contributed by atoms with Crippen molar-refractivity contribution in [3.63, 3.8) is 0 Å². The molecule has 0 saturated carbocycles. The Balaban J connectivity index is 2.15. The van der Waals surface area contributed by atoms with Gasteiger partial charge in [0.25, 0.3) is 5.91 Å². The van der Waals surface area contributed by atoms with Crippen LogP contribution in [0.25, 0.3) is 0 Å². The molecule has 0 heterocycles. The molecule has 1 amide bonds. The number of hydrogen-bond donors (Lipinski definition) is 2. The Morgan fingerprint density at radius 3 is 2.52 bits per heavy atom. The van der Waals surface area contributed by atoms with Crippen LogP contribution in [-0.4, -0.2) is 5.91 Å². The summed E-state index contributed by atoms with van der Waals surface area (Å²) in [5, 5.41) is 3.52. The van der Waals surface area contributed by atoms with E-state index in [2.05, 4.69) is 5.32 Å². The second-order valence-electron chi connectivity index (χ2n) is 4.72. The molecule has 0 aromatic heterocycles. The predicted molar refractivity (Wildman–Crippen MR) is 82.8 cm³/mol. The number of nitrogen functional groups attached to an aromatic ring is 1. The van der Waals surface area contributed by atoms with Crippen LogP contribution in [0.1, 0.15) is 35.3 Å². The molecular formula is C16H16ClFN2O. The van der Waals surface area contributed by atoms with Gasteiger partial charge in [0.2, 0.25) is 0 Å². The quantitative estimate of drug-likeness (QED) is 0.841. The van der Waals surface area contributed by atoms with Crippen LogP contribution in [0, 0.1) is 5.82 Å². The van der Waals surface area contributed by atoms with E-state index in [1.807, 2.05) is 19.1 Å². The first kappa shape index (κ1) is 15.3. The van der Waals surface area contributed by atoms with Crippen molar-refractivity contribution in [2.45, 2.75) is 19.4 Å². The summed E-state index contributed by atoms with van der Waals surface area (Å²) in [4.78, 5) is 12.2. The molecule has 0 saturated heterocycles. The van der Waals surface area contributed by atoms with E-state index in [1.165, 1.54) is 12.1 Å². The molecule has 1 unspecified atom stereocenters. The number of rotatable bonds is 4. The zero-order valence-corrected chi connectivity index (χ0v) is 12.3. The van der Waals surface area contributed by atoms with E-state index in [0.29, 0.717) is 11.4 Å². The molecule has 0 fully saturated rings. The summed E-state index contributed by atoms with van der Waals surface area (Å²) in [6.07, 6.45) is 0.713. The lowest BCUT2D eigenvalue weighted by molar-refractivity contribution is 0.0935. The molecule has 0 aliphatic heterocycles. The van der Waals surface area contributed by atoms with Crippen molar-refractivity contribution in [2.24, 2.45) is 0 Å². The number of amides is 1. The van der Waals surface area contributed by atoms with Crippen LogP contribution in [0.4, 0.5) is 10.1 Å². The largest absolute Gasteiger partial charge is 0.396 e. The third kappa shape index (κ3) is 3.73. The molecule has 0 bridgehead atoms. The van der Waals surface area contributed by atoms with Crippen LogP contribution in [-0.2, 0) is 0 Å². The maximum Gasteiger partial charge on any atom is 0.251 e. The fraction of sp³-hybridized carbons (Fsp3) is 0.188. The Morgan fingerprint density at radius 2 is 1.95 bits per heavy atom. The molecule has 2 aromatic carbocycles. The van der Waals surface area contributed by atoms with Crippen LogP contribution in [0.2, 0.25) is 5.02 Å². The van der Waals surface area contributed by atoms with Crippen LogP contribution in [0.3, 0.4) is 0 Å². The van der Waals surface area contributed by atoms with Crippen molar-refractivity contribution >= 4 is 23.2 Å². The van der Waals surface area contributed by atoms with Crippen molar-refractivity contribution in [3.8, 4) is 0 Å². The molecule has 0 spiro atoms. The molecule has 0 aliphatic carbocycles. The Hall–Kier alpha value is -2.07. The van der Waals surface area contributed by atoms with Gasteiger partial charge in [-0.1, -0.05) is 30.7 Å². The lowest BCUT2D eigenvalue weighted by Crippen LogP contribution is -2.28. The highest BCUT2D eigenvalue weighted by Crippen LogP contribution is 2.20. The number of carbonyl (C=O) groups excluding carboxylic acids is 1. The number of nitrogens with two attached hydrogens (primary N) is 1. The molecule has 2 aromatic rings. The van der Waals surface area contributed by atoms with Crippen molar-refractivity contribution in [2.75, 3.05) is 5.73 Å². The van der Waals surface area contributed by atoms with Gasteiger partial charge in [0.15, 0.2) is 0 Å². The van der Waals surface area contributed by atoms with Gasteiger partial charge in [-0.05, 0) is 42.3 Å². The predicted octanol–water partition coefficient (Wildman–Crippen LogP) is 3.94. The fourth-order valence-electron chi connectivity index (χ4n) is 2.03.